The van der Waals surface area contributed by atoms with Crippen LogP contribution in [0.1, 0.15) is 41.9 Å². The molecule has 9 heteroatoms. The number of piperidine rings is 1. The minimum absolute atomic E-state index is 0.0730. The van der Waals surface area contributed by atoms with Crippen LogP contribution in [0.2, 0.25) is 0 Å². The number of hydrogen-bond donors (Lipinski definition) is 3. The first-order valence-corrected chi connectivity index (χ1v) is 8.11. The zero-order chi connectivity index (χ0) is 18.6. The average molecular weight is 359 g/mol. The van der Waals surface area contributed by atoms with E-state index in [-0.39, 0.29) is 33.9 Å². The molecule has 0 spiro atoms. The molecule has 0 amide bonds. The Kier molecular flexibility index (Phi) is 5.86. The number of nitrogens with two attached hydrogens (primary N) is 1. The van der Waals surface area contributed by atoms with Crippen molar-refractivity contribution >= 4 is 30.3 Å². The largest absolute Gasteiger partial charge is 0.480 e. The highest BCUT2D eigenvalue weighted by Gasteiger charge is 2.32. The number of rotatable bonds is 5. The molecule has 0 aromatic carbocycles. The lowest BCUT2D eigenvalue weighted by Gasteiger charge is -2.35. The smallest absolute Gasteiger partial charge is 0.321 e. The van der Waals surface area contributed by atoms with Crippen molar-refractivity contribution in [2.24, 2.45) is 0 Å². The fraction of sp³-hybridized carbons (Fsp3) is 0.438. The Morgan fingerprint density at radius 3 is 2.48 bits per heavy atom. The number of aromatic nitrogens is 1. The monoisotopic (exact) mass is 359 g/mol. The number of carbonyl (C=O) groups is 2. The van der Waals surface area contributed by atoms with Crippen molar-refractivity contribution < 1.29 is 14.7 Å². The van der Waals surface area contributed by atoms with Gasteiger partial charge in [0.15, 0.2) is 0 Å². The molecule has 1 aromatic rings. The Labute approximate surface area is 149 Å². The van der Waals surface area contributed by atoms with E-state index in [1.165, 1.54) is 0 Å². The van der Waals surface area contributed by atoms with Crippen molar-refractivity contribution in [3.05, 3.63) is 21.3 Å². The van der Waals surface area contributed by atoms with Gasteiger partial charge in [0, 0.05) is 6.42 Å². The summed E-state index contributed by atoms with van der Waals surface area (Å²) in [6, 6.07) is 3.21. The molecule has 25 heavy (non-hydrogen) atoms. The molecule has 1 fully saturated rings. The van der Waals surface area contributed by atoms with Crippen LogP contribution in [-0.2, 0) is 9.59 Å². The highest BCUT2D eigenvalue weighted by Crippen LogP contribution is 2.35. The van der Waals surface area contributed by atoms with Gasteiger partial charge in [0.2, 0.25) is 0 Å². The number of aromatic amines is 1. The third-order valence-corrected chi connectivity index (χ3v) is 4.80. The third-order valence-electron chi connectivity index (χ3n) is 4.49. The number of nitrogens with zero attached hydrogens (tertiary/aromatic N) is 3. The van der Waals surface area contributed by atoms with Gasteiger partial charge in [-0.05, 0) is 37.4 Å². The number of pyridine rings is 1. The first-order valence-electron chi connectivity index (χ1n) is 7.70. The summed E-state index contributed by atoms with van der Waals surface area (Å²) in [4.78, 5) is 26.4. The molecule has 1 atom stereocenters. The quantitative estimate of drug-likeness (QED) is 0.526. The molecule has 0 radical (unpaired) electrons. The van der Waals surface area contributed by atoms with Crippen molar-refractivity contribution in [3.8, 4) is 12.1 Å². The van der Waals surface area contributed by atoms with Crippen LogP contribution >= 0.6 is 12.2 Å². The number of aliphatic carboxylic acids is 1. The summed E-state index contributed by atoms with van der Waals surface area (Å²) in [5, 5.41) is 28.1. The zero-order valence-corrected chi connectivity index (χ0v) is 14.2. The van der Waals surface area contributed by atoms with Gasteiger partial charge >= 0.3 is 5.97 Å². The van der Waals surface area contributed by atoms with E-state index in [1.54, 1.807) is 4.90 Å². The van der Waals surface area contributed by atoms with E-state index < -0.39 is 12.0 Å². The van der Waals surface area contributed by atoms with E-state index in [2.05, 4.69) is 4.98 Å². The fourth-order valence-electron chi connectivity index (χ4n) is 3.28. The number of nitriles is 2. The van der Waals surface area contributed by atoms with Gasteiger partial charge in [-0.3, -0.25) is 9.69 Å². The van der Waals surface area contributed by atoms with Crippen LogP contribution in [0.3, 0.4) is 0 Å². The minimum atomic E-state index is -1.03. The predicted molar refractivity (Wildman–Crippen MR) is 91.1 cm³/mol. The van der Waals surface area contributed by atoms with E-state index in [0.717, 1.165) is 0 Å². The summed E-state index contributed by atoms with van der Waals surface area (Å²) in [6.45, 7) is 0.882. The van der Waals surface area contributed by atoms with Crippen molar-refractivity contribution in [1.82, 2.24) is 9.88 Å². The maximum Gasteiger partial charge on any atom is 0.321 e. The number of carboxylic acids is 1. The lowest BCUT2D eigenvalue weighted by Crippen LogP contribution is -2.45. The van der Waals surface area contributed by atoms with Gasteiger partial charge in [-0.2, -0.15) is 10.5 Å². The zero-order valence-electron chi connectivity index (χ0n) is 13.4. The molecule has 1 aliphatic rings. The first-order chi connectivity index (χ1) is 11.9. The van der Waals surface area contributed by atoms with Crippen molar-refractivity contribution in [3.63, 3.8) is 0 Å². The first kappa shape index (κ1) is 18.6. The molecular formula is C16H17N5O3S. The number of H-pyrrole nitrogens is 1. The number of likely N-dealkylation sites (tertiary alicyclic amines) is 1. The average Bonchev–Trinajstić information content (AvgIpc) is 2.59. The summed E-state index contributed by atoms with van der Waals surface area (Å²) in [6.07, 6.45) is 1.62. The molecule has 1 aliphatic heterocycles. The van der Waals surface area contributed by atoms with Gasteiger partial charge in [-0.1, -0.05) is 12.2 Å². The molecule has 0 saturated carbocycles. The van der Waals surface area contributed by atoms with Crippen LogP contribution in [0, 0.1) is 27.3 Å². The lowest BCUT2D eigenvalue weighted by molar-refractivity contribution is -0.145. The standard InChI is InChI=1S/C16H17N5O3S/c17-7-10-13(11(8-18)15(25)20-14(10)19)9-1-4-21(5-2-9)12(3-6-22)16(23)24/h6,9,12H,1-5H2,(H,23,24)(H3,19,20,25). The van der Waals surface area contributed by atoms with Crippen LogP contribution in [0.25, 0.3) is 0 Å². The number of aldehydes is 1. The summed E-state index contributed by atoms with van der Waals surface area (Å²) in [5.74, 6) is -1.02. The van der Waals surface area contributed by atoms with Crippen LogP contribution in [0.5, 0.6) is 0 Å². The maximum atomic E-state index is 11.3. The molecule has 130 valence electrons. The number of nitrogens with one attached hydrogen (secondary N) is 1. The van der Waals surface area contributed by atoms with Crippen molar-refractivity contribution in [2.75, 3.05) is 18.8 Å². The predicted octanol–water partition coefficient (Wildman–Crippen LogP) is 1.29. The SMILES string of the molecule is N#Cc1c(N)[nH]c(=S)c(C#N)c1C1CCN(C(CC=O)C(=O)O)CC1. The van der Waals surface area contributed by atoms with Crippen molar-refractivity contribution in [2.45, 2.75) is 31.2 Å². The van der Waals surface area contributed by atoms with Gasteiger partial charge in [-0.25, -0.2) is 0 Å². The van der Waals surface area contributed by atoms with Crippen LogP contribution in [0.15, 0.2) is 0 Å². The van der Waals surface area contributed by atoms with Crippen molar-refractivity contribution in [1.29, 1.82) is 10.5 Å². The summed E-state index contributed by atoms with van der Waals surface area (Å²) in [5.41, 5.74) is 6.82. The molecule has 4 N–H and O–H groups in total. The van der Waals surface area contributed by atoms with E-state index in [0.29, 0.717) is 37.8 Å². The minimum Gasteiger partial charge on any atom is -0.480 e. The number of anilines is 1. The molecule has 0 aliphatic carbocycles. The molecule has 0 bridgehead atoms. The van der Waals surface area contributed by atoms with E-state index >= 15 is 0 Å². The summed E-state index contributed by atoms with van der Waals surface area (Å²) >= 11 is 5.14. The second kappa shape index (κ2) is 7.88. The Bertz CT molecular complexity index is 828. The van der Waals surface area contributed by atoms with Crippen LogP contribution in [-0.4, -0.2) is 46.4 Å². The molecule has 1 saturated heterocycles. The number of hydrogen-bond acceptors (Lipinski definition) is 7. The molecule has 8 nitrogen and oxygen atoms in total. The summed E-state index contributed by atoms with van der Waals surface area (Å²) < 4.78 is 0.195. The molecule has 1 unspecified atom stereocenters. The Balaban J connectivity index is 2.31. The second-order valence-corrected chi connectivity index (χ2v) is 6.23. The Morgan fingerprint density at radius 1 is 1.40 bits per heavy atom. The molecule has 2 heterocycles. The Morgan fingerprint density at radius 2 is 2.00 bits per heavy atom. The number of carboxylic acid groups (broad SMARTS) is 1. The lowest BCUT2D eigenvalue weighted by atomic mass is 9.84. The summed E-state index contributed by atoms with van der Waals surface area (Å²) in [7, 11) is 0. The number of carbonyl (C=O) groups excluding carboxylic acids is 1. The van der Waals surface area contributed by atoms with Gasteiger partial charge < -0.3 is 20.6 Å². The van der Waals surface area contributed by atoms with Crippen LogP contribution in [0.4, 0.5) is 5.82 Å². The van der Waals surface area contributed by atoms with E-state index in [4.69, 9.17) is 18.0 Å². The van der Waals surface area contributed by atoms with E-state index in [1.807, 2.05) is 12.1 Å². The van der Waals surface area contributed by atoms with Gasteiger partial charge in [-0.15, -0.1) is 0 Å². The normalized spacial score (nSPS) is 16.6. The third kappa shape index (κ3) is 3.68. The highest BCUT2D eigenvalue weighted by molar-refractivity contribution is 7.71. The molecule has 2 rings (SSSR count). The number of nitrogen functional groups attached to an aromatic ring is 1. The van der Waals surface area contributed by atoms with Crippen LogP contribution < -0.4 is 5.73 Å². The fourth-order valence-corrected chi connectivity index (χ4v) is 3.54. The van der Waals surface area contributed by atoms with Gasteiger partial charge in [0.25, 0.3) is 0 Å². The molecular weight excluding hydrogens is 342 g/mol. The maximum absolute atomic E-state index is 11.3. The second-order valence-electron chi connectivity index (χ2n) is 5.82. The topological polar surface area (TPSA) is 147 Å². The Hall–Kier alpha value is -2.75. The van der Waals surface area contributed by atoms with Gasteiger partial charge in [0.05, 0.1) is 11.1 Å². The van der Waals surface area contributed by atoms with E-state index in [9.17, 15) is 25.2 Å². The molecule has 1 aromatic heterocycles. The van der Waals surface area contributed by atoms with Gasteiger partial charge in [0.1, 0.15) is 34.9 Å². The highest BCUT2D eigenvalue weighted by atomic mass is 32.1.